The van der Waals surface area contributed by atoms with Gasteiger partial charge in [-0.15, -0.1) is 0 Å². The third-order valence-corrected chi connectivity index (χ3v) is 5.90. The van der Waals surface area contributed by atoms with E-state index in [0.29, 0.717) is 12.0 Å². The van der Waals surface area contributed by atoms with Crippen LogP contribution < -0.4 is 16.4 Å². The van der Waals surface area contributed by atoms with Gasteiger partial charge in [-0.1, -0.05) is 63.3 Å². The van der Waals surface area contributed by atoms with Crippen LogP contribution in [-0.2, 0) is 19.1 Å². The lowest BCUT2D eigenvalue weighted by molar-refractivity contribution is -0.143. The van der Waals surface area contributed by atoms with Gasteiger partial charge in [0.15, 0.2) is 0 Å². The summed E-state index contributed by atoms with van der Waals surface area (Å²) in [5, 5.41) is 5.46. The average molecular weight is 533 g/mol. The van der Waals surface area contributed by atoms with Gasteiger partial charge in [-0.25, -0.2) is 4.79 Å². The van der Waals surface area contributed by atoms with Gasteiger partial charge >= 0.3 is 6.09 Å². The molecule has 0 aliphatic heterocycles. The molecule has 1 rings (SSSR count). The molecule has 0 saturated carbocycles. The fourth-order valence-corrected chi connectivity index (χ4v) is 4.19. The molecule has 0 heterocycles. The van der Waals surface area contributed by atoms with E-state index in [4.69, 9.17) is 10.5 Å². The van der Waals surface area contributed by atoms with Crippen molar-refractivity contribution in [3.8, 4) is 0 Å². The number of amides is 4. The Hall–Kier alpha value is -3.10. The Bertz CT molecular complexity index is 926. The molecule has 0 aromatic heterocycles. The highest BCUT2D eigenvalue weighted by Gasteiger charge is 2.37. The second-order valence-electron chi connectivity index (χ2n) is 11.1. The van der Waals surface area contributed by atoms with Gasteiger partial charge in [-0.2, -0.15) is 0 Å². The van der Waals surface area contributed by atoms with E-state index in [9.17, 15) is 19.2 Å². The second kappa shape index (κ2) is 16.0. The highest BCUT2D eigenvalue weighted by Crippen LogP contribution is 2.27. The first-order valence-electron chi connectivity index (χ1n) is 13.7. The molecule has 1 aromatic rings. The van der Waals surface area contributed by atoms with Crippen molar-refractivity contribution in [3.63, 3.8) is 0 Å². The number of rotatable bonds is 15. The van der Waals surface area contributed by atoms with Crippen molar-refractivity contribution in [1.29, 1.82) is 0 Å². The summed E-state index contributed by atoms with van der Waals surface area (Å²) < 4.78 is 5.33. The summed E-state index contributed by atoms with van der Waals surface area (Å²) in [6.45, 7) is 13.1. The van der Waals surface area contributed by atoms with Crippen molar-refractivity contribution >= 4 is 23.8 Å². The Morgan fingerprint density at radius 1 is 0.974 bits per heavy atom. The molecule has 214 valence electrons. The fraction of sp³-hybridized carbons (Fsp3) is 0.655. The number of carbonyl (C=O) groups is 4. The second-order valence-corrected chi connectivity index (χ2v) is 11.1. The van der Waals surface area contributed by atoms with Crippen molar-refractivity contribution < 1.29 is 23.9 Å². The Kier molecular flexibility index (Phi) is 13.9. The van der Waals surface area contributed by atoms with Gasteiger partial charge in [0.2, 0.25) is 17.7 Å². The normalized spacial score (nSPS) is 12.9. The number of primary amides is 1. The topological polar surface area (TPSA) is 131 Å². The summed E-state index contributed by atoms with van der Waals surface area (Å²) in [5.74, 6) is -1.64. The molecule has 38 heavy (non-hydrogen) atoms. The van der Waals surface area contributed by atoms with Crippen LogP contribution in [-0.4, -0.2) is 52.9 Å². The van der Waals surface area contributed by atoms with Crippen molar-refractivity contribution in [2.45, 2.75) is 117 Å². The van der Waals surface area contributed by atoms with E-state index in [1.54, 1.807) is 20.8 Å². The molecule has 0 radical (unpaired) electrons. The first kappa shape index (κ1) is 32.9. The monoisotopic (exact) mass is 532 g/mol. The molecule has 0 aliphatic rings. The van der Waals surface area contributed by atoms with Crippen molar-refractivity contribution in [2.24, 2.45) is 5.73 Å². The lowest BCUT2D eigenvalue weighted by atomic mass is 9.97. The smallest absolute Gasteiger partial charge is 0.408 e. The maximum atomic E-state index is 14.0. The largest absolute Gasteiger partial charge is 0.444 e. The molecule has 0 saturated heterocycles. The first-order valence-corrected chi connectivity index (χ1v) is 13.7. The number of ether oxygens (including phenoxy) is 1. The minimum Gasteiger partial charge on any atom is -0.444 e. The predicted octanol–water partition coefficient (Wildman–Crippen LogP) is 4.52. The number of carbonyl (C=O) groups excluding carboxylic acids is 4. The predicted molar refractivity (Wildman–Crippen MR) is 149 cm³/mol. The molecule has 4 N–H and O–H groups in total. The van der Waals surface area contributed by atoms with E-state index in [0.717, 1.165) is 37.7 Å². The fourth-order valence-electron chi connectivity index (χ4n) is 4.19. The van der Waals surface area contributed by atoms with Crippen LogP contribution in [0.1, 0.15) is 104 Å². The van der Waals surface area contributed by atoms with E-state index in [-0.39, 0.29) is 18.5 Å². The number of unbranched alkanes of at least 4 members (excludes halogenated alkanes) is 5. The highest BCUT2D eigenvalue weighted by atomic mass is 16.6. The minimum absolute atomic E-state index is 0.152. The van der Waals surface area contributed by atoms with Crippen LogP contribution in [0.3, 0.4) is 0 Å². The molecular formula is C29H48N4O5. The zero-order chi connectivity index (χ0) is 28.9. The number of benzene rings is 1. The minimum atomic E-state index is -1.28. The zero-order valence-electron chi connectivity index (χ0n) is 24.3. The summed E-state index contributed by atoms with van der Waals surface area (Å²) in [6.07, 6.45) is 4.69. The number of alkyl carbamates (subject to hydrolysis) is 1. The van der Waals surface area contributed by atoms with Gasteiger partial charge in [0.05, 0.1) is 6.42 Å². The average Bonchev–Trinajstić information content (AvgIpc) is 2.78. The number of nitrogens with two attached hydrogens (primary N) is 1. The third kappa shape index (κ3) is 12.0. The van der Waals surface area contributed by atoms with Crippen LogP contribution in [0.25, 0.3) is 0 Å². The van der Waals surface area contributed by atoms with E-state index in [2.05, 4.69) is 17.6 Å². The zero-order valence-corrected chi connectivity index (χ0v) is 24.3. The number of hydrogen-bond donors (Lipinski definition) is 3. The lowest BCUT2D eigenvalue weighted by Crippen LogP contribution is -2.54. The molecule has 0 aliphatic carbocycles. The van der Waals surface area contributed by atoms with Crippen LogP contribution in [0, 0.1) is 6.92 Å². The summed E-state index contributed by atoms with van der Waals surface area (Å²) >= 11 is 0. The third-order valence-electron chi connectivity index (χ3n) is 5.90. The lowest BCUT2D eigenvalue weighted by Gasteiger charge is -2.35. The maximum absolute atomic E-state index is 14.0. The van der Waals surface area contributed by atoms with Crippen LogP contribution in [0.5, 0.6) is 0 Å². The van der Waals surface area contributed by atoms with E-state index >= 15 is 0 Å². The van der Waals surface area contributed by atoms with Crippen LogP contribution in [0.4, 0.5) is 4.79 Å². The molecule has 0 spiro atoms. The standard InChI is InChI=1S/C29H48N4O5/c1-8-9-10-11-12-15-18-33(25(26(35)31-20(2)3)22-17-14-13-16-21(22)4)27(36)23(19-24(30)34)32-28(37)38-29(5,6)7/h13-14,16-17,20,23,25H,8-12,15,18-19H2,1-7H3,(H2,30,34)(H,31,35)(H,32,37). The number of aryl methyl sites for hydroxylation is 1. The summed E-state index contributed by atoms with van der Waals surface area (Å²) in [6, 6.07) is 5.03. The molecule has 2 unspecified atom stereocenters. The van der Waals surface area contributed by atoms with E-state index in [1.807, 2.05) is 45.0 Å². The Balaban J connectivity index is 3.44. The summed E-state index contributed by atoms with van der Waals surface area (Å²) in [4.78, 5) is 53.6. The molecular weight excluding hydrogens is 484 g/mol. The highest BCUT2D eigenvalue weighted by molar-refractivity contribution is 5.94. The van der Waals surface area contributed by atoms with Crippen molar-refractivity contribution in [3.05, 3.63) is 35.4 Å². The van der Waals surface area contributed by atoms with Crippen LogP contribution in [0.15, 0.2) is 24.3 Å². The molecule has 0 bridgehead atoms. The maximum Gasteiger partial charge on any atom is 0.408 e. The molecule has 2 atom stereocenters. The quantitative estimate of drug-likeness (QED) is 0.286. The Morgan fingerprint density at radius 2 is 1.58 bits per heavy atom. The van der Waals surface area contributed by atoms with Gasteiger partial charge in [0.25, 0.3) is 0 Å². The van der Waals surface area contributed by atoms with Gasteiger partial charge in [0, 0.05) is 12.6 Å². The number of hydrogen-bond acceptors (Lipinski definition) is 5. The van der Waals surface area contributed by atoms with Gasteiger partial charge in [-0.3, -0.25) is 14.4 Å². The van der Waals surface area contributed by atoms with E-state index < -0.39 is 42.0 Å². The first-order chi connectivity index (χ1) is 17.8. The molecule has 9 heteroatoms. The van der Waals surface area contributed by atoms with Gasteiger partial charge in [0.1, 0.15) is 17.7 Å². The number of nitrogens with zero attached hydrogens (tertiary/aromatic N) is 1. The van der Waals surface area contributed by atoms with Gasteiger partial charge in [-0.05, 0) is 59.1 Å². The Labute approximate surface area is 228 Å². The summed E-state index contributed by atoms with van der Waals surface area (Å²) in [7, 11) is 0. The van der Waals surface area contributed by atoms with Crippen molar-refractivity contribution in [2.75, 3.05) is 6.54 Å². The molecule has 4 amide bonds. The van der Waals surface area contributed by atoms with Crippen LogP contribution in [0.2, 0.25) is 0 Å². The summed E-state index contributed by atoms with van der Waals surface area (Å²) in [5.41, 5.74) is 6.19. The molecule has 1 aromatic carbocycles. The number of nitrogens with one attached hydrogen (secondary N) is 2. The van der Waals surface area contributed by atoms with E-state index in [1.165, 1.54) is 4.90 Å². The SMILES string of the molecule is CCCCCCCCN(C(=O)C(CC(N)=O)NC(=O)OC(C)(C)C)C(C(=O)NC(C)C)c1ccccc1C. The Morgan fingerprint density at radius 3 is 2.13 bits per heavy atom. The molecule has 0 fully saturated rings. The van der Waals surface area contributed by atoms with Crippen LogP contribution >= 0.6 is 0 Å². The molecule has 9 nitrogen and oxygen atoms in total. The van der Waals surface area contributed by atoms with Gasteiger partial charge < -0.3 is 26.0 Å². The van der Waals surface area contributed by atoms with Crippen molar-refractivity contribution in [1.82, 2.24) is 15.5 Å².